The number of aromatic nitrogens is 2. The van der Waals surface area contributed by atoms with Crippen molar-refractivity contribution in [3.05, 3.63) is 48.0 Å². The van der Waals surface area contributed by atoms with Gasteiger partial charge in [0, 0.05) is 31.4 Å². The van der Waals surface area contributed by atoms with Gasteiger partial charge in [0.15, 0.2) is 0 Å². The standard InChI is InChI=1S/C14H16N2O3/c1-16-8-7-15-13(16)6-9-19-12-5-3-2-4-11(12)10-14(17)18/h2-5,7-8H,6,9-10H2,1H3,(H,17,18). The van der Waals surface area contributed by atoms with Crippen molar-refractivity contribution in [2.24, 2.45) is 7.05 Å². The second-order valence-electron chi connectivity index (χ2n) is 4.23. The molecular formula is C14H16N2O3. The Bertz CT molecular complexity index is 563. The number of carbonyl (C=O) groups is 1. The normalized spacial score (nSPS) is 10.4. The first-order valence-corrected chi connectivity index (χ1v) is 6.05. The van der Waals surface area contributed by atoms with E-state index in [0.29, 0.717) is 24.3 Å². The summed E-state index contributed by atoms with van der Waals surface area (Å²) in [6.07, 6.45) is 4.28. The zero-order chi connectivity index (χ0) is 13.7. The van der Waals surface area contributed by atoms with Crippen molar-refractivity contribution in [2.75, 3.05) is 6.61 Å². The Kier molecular flexibility index (Phi) is 4.18. The molecule has 0 saturated carbocycles. The molecule has 1 aromatic heterocycles. The van der Waals surface area contributed by atoms with Crippen LogP contribution in [-0.2, 0) is 24.7 Å². The molecular weight excluding hydrogens is 244 g/mol. The Hall–Kier alpha value is -2.30. The summed E-state index contributed by atoms with van der Waals surface area (Å²) < 4.78 is 7.59. The average Bonchev–Trinajstić information content (AvgIpc) is 2.77. The van der Waals surface area contributed by atoms with Crippen LogP contribution in [-0.4, -0.2) is 27.2 Å². The van der Waals surface area contributed by atoms with E-state index in [2.05, 4.69) is 4.98 Å². The molecule has 19 heavy (non-hydrogen) atoms. The van der Waals surface area contributed by atoms with Crippen molar-refractivity contribution in [3.63, 3.8) is 0 Å². The Morgan fingerprint density at radius 1 is 1.42 bits per heavy atom. The van der Waals surface area contributed by atoms with E-state index in [1.165, 1.54) is 0 Å². The zero-order valence-electron chi connectivity index (χ0n) is 10.7. The quantitative estimate of drug-likeness (QED) is 0.858. The Morgan fingerprint density at radius 3 is 2.89 bits per heavy atom. The molecule has 1 heterocycles. The SMILES string of the molecule is Cn1ccnc1CCOc1ccccc1CC(=O)O. The van der Waals surface area contributed by atoms with Crippen molar-refractivity contribution < 1.29 is 14.6 Å². The lowest BCUT2D eigenvalue weighted by molar-refractivity contribution is -0.136. The molecule has 5 nitrogen and oxygen atoms in total. The first-order chi connectivity index (χ1) is 9.16. The molecule has 0 atom stereocenters. The van der Waals surface area contributed by atoms with Crippen LogP contribution in [0.15, 0.2) is 36.7 Å². The van der Waals surface area contributed by atoms with Gasteiger partial charge in [-0.1, -0.05) is 18.2 Å². The molecule has 1 N–H and O–H groups in total. The van der Waals surface area contributed by atoms with Gasteiger partial charge in [-0.3, -0.25) is 4.79 Å². The van der Waals surface area contributed by atoms with Gasteiger partial charge in [-0.05, 0) is 6.07 Å². The number of rotatable bonds is 6. The summed E-state index contributed by atoms with van der Waals surface area (Å²) in [5, 5.41) is 8.83. The molecule has 0 unspecified atom stereocenters. The van der Waals surface area contributed by atoms with E-state index in [-0.39, 0.29) is 6.42 Å². The number of aryl methyl sites for hydroxylation is 1. The number of benzene rings is 1. The molecule has 0 saturated heterocycles. The van der Waals surface area contributed by atoms with Crippen LogP contribution in [0.5, 0.6) is 5.75 Å². The van der Waals surface area contributed by atoms with E-state index < -0.39 is 5.97 Å². The van der Waals surface area contributed by atoms with Crippen molar-refractivity contribution >= 4 is 5.97 Å². The minimum atomic E-state index is -0.861. The first-order valence-electron chi connectivity index (χ1n) is 6.05. The highest BCUT2D eigenvalue weighted by Gasteiger charge is 2.07. The summed E-state index contributed by atoms with van der Waals surface area (Å²) in [4.78, 5) is 15.0. The maximum absolute atomic E-state index is 10.8. The van der Waals surface area contributed by atoms with Gasteiger partial charge in [0.2, 0.25) is 0 Å². The predicted molar refractivity (Wildman–Crippen MR) is 70.2 cm³/mol. The highest BCUT2D eigenvalue weighted by Crippen LogP contribution is 2.18. The molecule has 0 amide bonds. The number of imidazole rings is 1. The molecule has 0 fully saturated rings. The molecule has 0 radical (unpaired) electrons. The van der Waals surface area contributed by atoms with Crippen LogP contribution < -0.4 is 4.74 Å². The molecule has 0 bridgehead atoms. The molecule has 0 aliphatic heterocycles. The number of hydrogen-bond donors (Lipinski definition) is 1. The maximum atomic E-state index is 10.8. The van der Waals surface area contributed by atoms with Gasteiger partial charge >= 0.3 is 5.97 Å². The third kappa shape index (κ3) is 3.58. The summed E-state index contributed by atoms with van der Waals surface area (Å²) in [6.45, 7) is 0.474. The topological polar surface area (TPSA) is 64.4 Å². The predicted octanol–water partition coefficient (Wildman–Crippen LogP) is 1.67. The monoisotopic (exact) mass is 260 g/mol. The van der Waals surface area contributed by atoms with Gasteiger partial charge in [-0.15, -0.1) is 0 Å². The van der Waals surface area contributed by atoms with Crippen molar-refractivity contribution in [1.29, 1.82) is 0 Å². The third-order valence-corrected chi connectivity index (χ3v) is 2.82. The minimum Gasteiger partial charge on any atom is -0.493 e. The van der Waals surface area contributed by atoms with Crippen LogP contribution in [0.3, 0.4) is 0 Å². The lowest BCUT2D eigenvalue weighted by Crippen LogP contribution is -2.08. The number of aliphatic carboxylic acids is 1. The van der Waals surface area contributed by atoms with E-state index in [0.717, 1.165) is 5.82 Å². The van der Waals surface area contributed by atoms with Gasteiger partial charge in [0.1, 0.15) is 11.6 Å². The highest BCUT2D eigenvalue weighted by atomic mass is 16.5. The average molecular weight is 260 g/mol. The molecule has 100 valence electrons. The van der Waals surface area contributed by atoms with Crippen LogP contribution in [0, 0.1) is 0 Å². The van der Waals surface area contributed by atoms with Crippen LogP contribution in [0.4, 0.5) is 0 Å². The highest BCUT2D eigenvalue weighted by molar-refractivity contribution is 5.71. The number of para-hydroxylation sites is 1. The number of nitrogens with zero attached hydrogens (tertiary/aromatic N) is 2. The van der Waals surface area contributed by atoms with Gasteiger partial charge in [0.25, 0.3) is 0 Å². The van der Waals surface area contributed by atoms with Crippen LogP contribution >= 0.6 is 0 Å². The van der Waals surface area contributed by atoms with Crippen molar-refractivity contribution in [2.45, 2.75) is 12.8 Å². The van der Waals surface area contributed by atoms with E-state index in [1.807, 2.05) is 29.9 Å². The summed E-state index contributed by atoms with van der Waals surface area (Å²) in [5.41, 5.74) is 0.690. The minimum absolute atomic E-state index is 0.0292. The van der Waals surface area contributed by atoms with E-state index in [9.17, 15) is 4.79 Å². The Labute approximate surface area is 111 Å². The number of carboxylic acids is 1. The fraction of sp³-hybridized carbons (Fsp3) is 0.286. The van der Waals surface area contributed by atoms with Gasteiger partial charge < -0.3 is 14.4 Å². The van der Waals surface area contributed by atoms with Gasteiger partial charge in [-0.2, -0.15) is 0 Å². The van der Waals surface area contributed by atoms with E-state index >= 15 is 0 Å². The fourth-order valence-electron chi connectivity index (χ4n) is 1.84. The summed E-state index contributed by atoms with van der Waals surface area (Å²) in [5.74, 6) is 0.704. The molecule has 2 rings (SSSR count). The number of carboxylic acid groups (broad SMARTS) is 1. The summed E-state index contributed by atoms with van der Waals surface area (Å²) in [6, 6.07) is 7.20. The van der Waals surface area contributed by atoms with Crippen LogP contribution in [0.2, 0.25) is 0 Å². The maximum Gasteiger partial charge on any atom is 0.307 e. The number of hydrogen-bond acceptors (Lipinski definition) is 3. The second-order valence-corrected chi connectivity index (χ2v) is 4.23. The van der Waals surface area contributed by atoms with Crippen LogP contribution in [0.1, 0.15) is 11.4 Å². The summed E-state index contributed by atoms with van der Waals surface area (Å²) >= 11 is 0. The van der Waals surface area contributed by atoms with Crippen LogP contribution in [0.25, 0.3) is 0 Å². The van der Waals surface area contributed by atoms with Crippen molar-refractivity contribution in [3.8, 4) is 5.75 Å². The largest absolute Gasteiger partial charge is 0.493 e. The first kappa shape index (κ1) is 13.1. The smallest absolute Gasteiger partial charge is 0.307 e. The second kappa shape index (κ2) is 6.04. The molecule has 2 aromatic rings. The molecule has 1 aromatic carbocycles. The Balaban J connectivity index is 1.96. The fourth-order valence-corrected chi connectivity index (χ4v) is 1.84. The molecule has 0 spiro atoms. The number of ether oxygens (including phenoxy) is 1. The Morgan fingerprint density at radius 2 is 2.21 bits per heavy atom. The van der Waals surface area contributed by atoms with E-state index in [1.54, 1.807) is 18.3 Å². The van der Waals surface area contributed by atoms with Gasteiger partial charge in [-0.25, -0.2) is 4.98 Å². The van der Waals surface area contributed by atoms with Gasteiger partial charge in [0.05, 0.1) is 13.0 Å². The van der Waals surface area contributed by atoms with Crippen molar-refractivity contribution in [1.82, 2.24) is 9.55 Å². The lowest BCUT2D eigenvalue weighted by atomic mass is 10.1. The zero-order valence-corrected chi connectivity index (χ0v) is 10.7. The molecule has 5 heteroatoms. The molecule has 0 aliphatic rings. The molecule has 0 aliphatic carbocycles. The van der Waals surface area contributed by atoms with E-state index in [4.69, 9.17) is 9.84 Å². The summed E-state index contributed by atoms with van der Waals surface area (Å²) in [7, 11) is 1.93. The lowest BCUT2D eigenvalue weighted by Gasteiger charge is -2.10. The third-order valence-electron chi connectivity index (χ3n) is 2.82.